The second-order valence-electron chi connectivity index (χ2n) is 7.40. The number of methoxy groups -OCH3 is 1. The van der Waals surface area contributed by atoms with Gasteiger partial charge in [0.15, 0.2) is 5.13 Å². The molecule has 34 heavy (non-hydrogen) atoms. The predicted molar refractivity (Wildman–Crippen MR) is 130 cm³/mol. The van der Waals surface area contributed by atoms with Crippen LogP contribution >= 0.6 is 11.3 Å². The zero-order chi connectivity index (χ0) is 23.8. The summed E-state index contributed by atoms with van der Waals surface area (Å²) in [5.74, 6) is 0.743. The highest BCUT2D eigenvalue weighted by molar-refractivity contribution is 7.14. The maximum absolute atomic E-state index is 13.3. The lowest BCUT2D eigenvalue weighted by atomic mass is 10.2. The monoisotopic (exact) mass is 476 g/mol. The van der Waals surface area contributed by atoms with E-state index >= 15 is 0 Å². The minimum Gasteiger partial charge on any atom is -0.497 e. The van der Waals surface area contributed by atoms with E-state index in [-0.39, 0.29) is 37.1 Å². The van der Waals surface area contributed by atoms with Gasteiger partial charge in [-0.1, -0.05) is 36.4 Å². The van der Waals surface area contributed by atoms with E-state index in [0.717, 1.165) is 11.3 Å². The summed E-state index contributed by atoms with van der Waals surface area (Å²) in [4.78, 5) is 31.8. The van der Waals surface area contributed by atoms with Crippen molar-refractivity contribution >= 4 is 34.0 Å². The zero-order valence-corrected chi connectivity index (χ0v) is 19.4. The van der Waals surface area contributed by atoms with Gasteiger partial charge in [0, 0.05) is 23.7 Å². The minimum absolute atomic E-state index is 0.107. The van der Waals surface area contributed by atoms with Crippen LogP contribution in [0.5, 0.6) is 5.75 Å². The second kappa shape index (κ2) is 11.2. The van der Waals surface area contributed by atoms with Gasteiger partial charge in [0.25, 0.3) is 5.91 Å². The van der Waals surface area contributed by atoms with Crippen molar-refractivity contribution < 1.29 is 18.7 Å². The molecule has 2 heterocycles. The molecule has 2 N–H and O–H groups in total. The minimum atomic E-state index is -0.327. The Hall–Kier alpha value is -4.11. The molecule has 2 amide bonds. The van der Waals surface area contributed by atoms with Crippen LogP contribution in [0.1, 0.15) is 21.8 Å². The number of thiazole rings is 1. The van der Waals surface area contributed by atoms with E-state index in [1.807, 2.05) is 54.6 Å². The van der Waals surface area contributed by atoms with Crippen molar-refractivity contribution in [3.63, 3.8) is 0 Å². The molecule has 0 radical (unpaired) electrons. The van der Waals surface area contributed by atoms with Crippen LogP contribution in [0.25, 0.3) is 0 Å². The fraction of sp³-hybridized carbons (Fsp3) is 0.160. The van der Waals surface area contributed by atoms with Crippen LogP contribution < -0.4 is 15.4 Å². The number of furan rings is 1. The van der Waals surface area contributed by atoms with E-state index in [1.54, 1.807) is 30.9 Å². The quantitative estimate of drug-likeness (QED) is 0.351. The Bertz CT molecular complexity index is 1220. The largest absolute Gasteiger partial charge is 0.497 e. The Labute approximate surface area is 201 Å². The first-order valence-electron chi connectivity index (χ1n) is 10.6. The molecule has 174 valence electrons. The standard InChI is InChI=1S/C25H24N4O4S/c1-32-20-10-5-9-19(13-20)27-25-28-22(17-34-25)24(31)29(15-18-7-3-2-4-8-18)16-23(30)26-14-21-11-6-12-33-21/h2-13,17H,14-16H2,1H3,(H,26,30)(H,27,28). The number of carbonyl (C=O) groups is 2. The van der Waals surface area contributed by atoms with Gasteiger partial charge < -0.3 is 24.7 Å². The molecule has 0 atom stereocenters. The lowest BCUT2D eigenvalue weighted by Crippen LogP contribution is -2.40. The highest BCUT2D eigenvalue weighted by atomic mass is 32.1. The summed E-state index contributed by atoms with van der Waals surface area (Å²) in [7, 11) is 1.60. The van der Waals surface area contributed by atoms with Gasteiger partial charge in [-0.15, -0.1) is 11.3 Å². The van der Waals surface area contributed by atoms with E-state index in [2.05, 4.69) is 15.6 Å². The number of anilines is 2. The molecule has 0 fully saturated rings. The Balaban J connectivity index is 1.46. The number of nitrogens with zero attached hydrogens (tertiary/aromatic N) is 2. The van der Waals surface area contributed by atoms with Gasteiger partial charge in [-0.25, -0.2) is 4.98 Å². The smallest absolute Gasteiger partial charge is 0.274 e. The van der Waals surface area contributed by atoms with Crippen molar-refractivity contribution in [2.75, 3.05) is 19.0 Å². The number of carbonyl (C=O) groups excluding carboxylic acids is 2. The Morgan fingerprint density at radius 2 is 1.94 bits per heavy atom. The SMILES string of the molecule is COc1cccc(Nc2nc(C(=O)N(CC(=O)NCc3ccco3)Cc3ccccc3)cs2)c1. The molecule has 2 aromatic carbocycles. The number of rotatable bonds is 10. The molecular weight excluding hydrogens is 452 g/mol. The Morgan fingerprint density at radius 1 is 1.09 bits per heavy atom. The van der Waals surface area contributed by atoms with Crippen molar-refractivity contribution in [1.82, 2.24) is 15.2 Å². The lowest BCUT2D eigenvalue weighted by molar-refractivity contribution is -0.122. The lowest BCUT2D eigenvalue weighted by Gasteiger charge is -2.21. The molecular formula is C25H24N4O4S. The van der Waals surface area contributed by atoms with Crippen molar-refractivity contribution in [2.24, 2.45) is 0 Å². The maximum Gasteiger partial charge on any atom is 0.274 e. The summed E-state index contributed by atoms with van der Waals surface area (Å²) >= 11 is 1.31. The summed E-state index contributed by atoms with van der Waals surface area (Å²) in [6, 6.07) is 20.5. The fourth-order valence-electron chi connectivity index (χ4n) is 3.25. The van der Waals surface area contributed by atoms with Gasteiger partial charge in [-0.05, 0) is 29.8 Å². The molecule has 0 spiro atoms. The topological polar surface area (TPSA) is 96.7 Å². The zero-order valence-electron chi connectivity index (χ0n) is 18.6. The van der Waals surface area contributed by atoms with Gasteiger partial charge in [-0.3, -0.25) is 9.59 Å². The van der Waals surface area contributed by atoms with Crippen molar-refractivity contribution in [1.29, 1.82) is 0 Å². The average Bonchev–Trinajstić information content (AvgIpc) is 3.55. The molecule has 8 nitrogen and oxygen atoms in total. The van der Waals surface area contributed by atoms with Crippen LogP contribution in [-0.2, 0) is 17.9 Å². The van der Waals surface area contributed by atoms with E-state index in [0.29, 0.717) is 16.6 Å². The average molecular weight is 477 g/mol. The van der Waals surface area contributed by atoms with Gasteiger partial charge in [0.2, 0.25) is 5.91 Å². The summed E-state index contributed by atoms with van der Waals surface area (Å²) in [6.45, 7) is 0.430. The third-order valence-corrected chi connectivity index (χ3v) is 5.68. The van der Waals surface area contributed by atoms with Gasteiger partial charge in [0.05, 0.1) is 19.9 Å². The van der Waals surface area contributed by atoms with Crippen LogP contribution in [0.15, 0.2) is 82.8 Å². The van der Waals surface area contributed by atoms with E-state index in [4.69, 9.17) is 9.15 Å². The number of amides is 2. The Morgan fingerprint density at radius 3 is 2.71 bits per heavy atom. The van der Waals surface area contributed by atoms with Crippen LogP contribution in [0.3, 0.4) is 0 Å². The van der Waals surface area contributed by atoms with Crippen LogP contribution in [-0.4, -0.2) is 35.4 Å². The summed E-state index contributed by atoms with van der Waals surface area (Å²) < 4.78 is 10.5. The fourth-order valence-corrected chi connectivity index (χ4v) is 3.95. The second-order valence-corrected chi connectivity index (χ2v) is 8.26. The van der Waals surface area contributed by atoms with E-state index in [1.165, 1.54) is 16.2 Å². The first-order chi connectivity index (χ1) is 16.6. The summed E-state index contributed by atoms with van der Waals surface area (Å²) in [5, 5.41) is 8.23. The highest BCUT2D eigenvalue weighted by Gasteiger charge is 2.22. The molecule has 2 aromatic heterocycles. The van der Waals surface area contributed by atoms with Crippen molar-refractivity contribution in [2.45, 2.75) is 13.1 Å². The number of ether oxygens (including phenoxy) is 1. The van der Waals surface area contributed by atoms with Gasteiger partial charge >= 0.3 is 0 Å². The number of benzene rings is 2. The molecule has 0 saturated heterocycles. The number of nitrogens with one attached hydrogen (secondary N) is 2. The number of hydrogen-bond donors (Lipinski definition) is 2. The number of hydrogen-bond acceptors (Lipinski definition) is 7. The molecule has 4 rings (SSSR count). The first-order valence-corrected chi connectivity index (χ1v) is 11.5. The maximum atomic E-state index is 13.3. The van der Waals surface area contributed by atoms with E-state index in [9.17, 15) is 9.59 Å². The molecule has 9 heteroatoms. The third kappa shape index (κ3) is 6.23. The first kappa shape index (κ1) is 23.1. The molecule has 0 aliphatic rings. The molecule has 4 aromatic rings. The Kier molecular flexibility index (Phi) is 7.56. The molecule has 0 bridgehead atoms. The van der Waals surface area contributed by atoms with E-state index < -0.39 is 0 Å². The third-order valence-electron chi connectivity index (χ3n) is 4.92. The van der Waals surface area contributed by atoms with Crippen LogP contribution in [0.4, 0.5) is 10.8 Å². The normalized spacial score (nSPS) is 10.5. The molecule has 0 aliphatic heterocycles. The molecule has 0 unspecified atom stereocenters. The van der Waals surface area contributed by atoms with Gasteiger partial charge in [0.1, 0.15) is 23.7 Å². The molecule has 0 saturated carbocycles. The molecule has 0 aliphatic carbocycles. The van der Waals surface area contributed by atoms with Crippen molar-refractivity contribution in [3.05, 3.63) is 95.4 Å². The summed E-state index contributed by atoms with van der Waals surface area (Å²) in [6.07, 6.45) is 1.55. The summed E-state index contributed by atoms with van der Waals surface area (Å²) in [5.41, 5.74) is 1.98. The van der Waals surface area contributed by atoms with Crippen LogP contribution in [0.2, 0.25) is 0 Å². The van der Waals surface area contributed by atoms with Crippen molar-refractivity contribution in [3.8, 4) is 5.75 Å². The number of aromatic nitrogens is 1. The predicted octanol–water partition coefficient (Wildman–Crippen LogP) is 4.45. The van der Waals surface area contributed by atoms with Crippen LogP contribution in [0, 0.1) is 0 Å². The highest BCUT2D eigenvalue weighted by Crippen LogP contribution is 2.24. The van der Waals surface area contributed by atoms with Gasteiger partial charge in [-0.2, -0.15) is 0 Å².